The first kappa shape index (κ1) is 14.6. The van der Waals surface area contributed by atoms with E-state index in [1.807, 2.05) is 7.05 Å². The van der Waals surface area contributed by atoms with Gasteiger partial charge in [-0.3, -0.25) is 4.79 Å². The summed E-state index contributed by atoms with van der Waals surface area (Å²) in [5, 5.41) is 3.33. The van der Waals surface area contributed by atoms with Crippen LogP contribution >= 0.6 is 0 Å². The molecule has 1 unspecified atom stereocenters. The van der Waals surface area contributed by atoms with E-state index >= 15 is 0 Å². The number of nitrogens with one attached hydrogen (secondary N) is 1. The topological polar surface area (TPSA) is 71.8 Å². The van der Waals surface area contributed by atoms with Gasteiger partial charge in [0.1, 0.15) is 5.76 Å². The van der Waals surface area contributed by atoms with Gasteiger partial charge in [-0.05, 0) is 25.5 Å². The normalized spacial score (nSPS) is 19.2. The molecule has 1 saturated heterocycles. The van der Waals surface area contributed by atoms with Crippen LogP contribution in [0.15, 0.2) is 16.5 Å². The van der Waals surface area contributed by atoms with Gasteiger partial charge in [-0.25, -0.2) is 4.79 Å². The van der Waals surface area contributed by atoms with Crippen LogP contribution in [0, 0.1) is 0 Å². The molecule has 1 fully saturated rings. The number of likely N-dealkylation sites (tertiary alicyclic amines) is 1. The van der Waals surface area contributed by atoms with Crippen molar-refractivity contribution < 1.29 is 18.7 Å². The highest BCUT2D eigenvalue weighted by atomic mass is 16.5. The van der Waals surface area contributed by atoms with Crippen molar-refractivity contribution in [3.63, 3.8) is 0 Å². The second-order valence-electron chi connectivity index (χ2n) is 4.88. The van der Waals surface area contributed by atoms with Crippen molar-refractivity contribution in [3.05, 3.63) is 23.7 Å². The Labute approximate surface area is 118 Å². The number of nitrogens with zero attached hydrogens (tertiary/aromatic N) is 1. The summed E-state index contributed by atoms with van der Waals surface area (Å²) in [6.07, 6.45) is 1.40. The lowest BCUT2D eigenvalue weighted by molar-refractivity contribution is -0.132. The van der Waals surface area contributed by atoms with E-state index in [0.717, 1.165) is 6.42 Å². The number of amides is 1. The van der Waals surface area contributed by atoms with Crippen LogP contribution in [0.1, 0.15) is 36.1 Å². The molecule has 1 aliphatic heterocycles. The lowest BCUT2D eigenvalue weighted by Crippen LogP contribution is -2.46. The lowest BCUT2D eigenvalue weighted by atomic mass is 10.1. The van der Waals surface area contributed by atoms with Gasteiger partial charge in [-0.1, -0.05) is 0 Å². The number of furan rings is 1. The molecule has 0 aliphatic carbocycles. The standard InChI is InChI=1S/C14H20N2O4/c1-3-19-14(18)12-6-5-11(20-12)8-15-10-4-7-13(17)16(2)9-10/h5-6,10,15H,3-4,7-9H2,1-2H3. The minimum Gasteiger partial charge on any atom is -0.460 e. The number of carbonyl (C=O) groups excluding carboxylic acids is 2. The van der Waals surface area contributed by atoms with Crippen molar-refractivity contribution in [2.24, 2.45) is 0 Å². The highest BCUT2D eigenvalue weighted by Gasteiger charge is 2.22. The molecule has 1 aromatic rings. The average Bonchev–Trinajstić information content (AvgIpc) is 2.89. The molecule has 0 saturated carbocycles. The van der Waals surface area contributed by atoms with E-state index in [0.29, 0.717) is 31.9 Å². The molecule has 0 radical (unpaired) electrons. The largest absolute Gasteiger partial charge is 0.460 e. The van der Waals surface area contributed by atoms with Gasteiger partial charge in [0.05, 0.1) is 13.2 Å². The highest BCUT2D eigenvalue weighted by molar-refractivity contribution is 5.86. The van der Waals surface area contributed by atoms with Gasteiger partial charge in [-0.2, -0.15) is 0 Å². The second kappa shape index (κ2) is 6.56. The lowest BCUT2D eigenvalue weighted by Gasteiger charge is -2.30. The zero-order valence-corrected chi connectivity index (χ0v) is 11.8. The maximum absolute atomic E-state index is 11.5. The zero-order valence-electron chi connectivity index (χ0n) is 11.8. The van der Waals surface area contributed by atoms with E-state index in [-0.39, 0.29) is 17.7 Å². The highest BCUT2D eigenvalue weighted by Crippen LogP contribution is 2.12. The number of carbonyl (C=O) groups is 2. The Bertz CT molecular complexity index is 483. The van der Waals surface area contributed by atoms with Crippen LogP contribution in [-0.2, 0) is 16.1 Å². The maximum atomic E-state index is 11.5. The van der Waals surface area contributed by atoms with E-state index < -0.39 is 5.97 Å². The molecular weight excluding hydrogens is 260 g/mol. The van der Waals surface area contributed by atoms with E-state index in [1.165, 1.54) is 0 Å². The molecular formula is C14H20N2O4. The van der Waals surface area contributed by atoms with E-state index in [1.54, 1.807) is 24.0 Å². The van der Waals surface area contributed by atoms with Crippen molar-refractivity contribution in [1.29, 1.82) is 0 Å². The molecule has 20 heavy (non-hydrogen) atoms. The fraction of sp³-hybridized carbons (Fsp3) is 0.571. The number of likely N-dealkylation sites (N-methyl/N-ethyl adjacent to an activating group) is 1. The summed E-state index contributed by atoms with van der Waals surface area (Å²) in [5.41, 5.74) is 0. The third-order valence-electron chi connectivity index (χ3n) is 3.33. The van der Waals surface area contributed by atoms with Crippen molar-refractivity contribution in [2.75, 3.05) is 20.2 Å². The van der Waals surface area contributed by atoms with Gasteiger partial charge in [0.25, 0.3) is 0 Å². The van der Waals surface area contributed by atoms with Crippen LogP contribution < -0.4 is 5.32 Å². The van der Waals surface area contributed by atoms with Gasteiger partial charge in [-0.15, -0.1) is 0 Å². The maximum Gasteiger partial charge on any atom is 0.374 e. The summed E-state index contributed by atoms with van der Waals surface area (Å²) in [5.74, 6) is 0.652. The summed E-state index contributed by atoms with van der Waals surface area (Å²) in [6, 6.07) is 3.64. The van der Waals surface area contributed by atoms with E-state index in [2.05, 4.69) is 5.32 Å². The molecule has 2 heterocycles. The molecule has 0 spiro atoms. The van der Waals surface area contributed by atoms with Crippen molar-refractivity contribution in [3.8, 4) is 0 Å². The minimum absolute atomic E-state index is 0.186. The van der Waals surface area contributed by atoms with Crippen molar-refractivity contribution in [2.45, 2.75) is 32.4 Å². The molecule has 0 bridgehead atoms. The van der Waals surface area contributed by atoms with E-state index in [9.17, 15) is 9.59 Å². The van der Waals surface area contributed by atoms with Crippen LogP contribution in [0.2, 0.25) is 0 Å². The molecule has 2 rings (SSSR count). The molecule has 1 aliphatic rings. The predicted octanol–water partition coefficient (Wildman–Crippen LogP) is 1.17. The monoisotopic (exact) mass is 280 g/mol. The Hall–Kier alpha value is -1.82. The van der Waals surface area contributed by atoms with Gasteiger partial charge >= 0.3 is 5.97 Å². The molecule has 110 valence electrons. The third-order valence-corrected chi connectivity index (χ3v) is 3.33. The number of hydrogen-bond acceptors (Lipinski definition) is 5. The summed E-state index contributed by atoms with van der Waals surface area (Å²) in [7, 11) is 1.81. The fourth-order valence-corrected chi connectivity index (χ4v) is 2.21. The number of ether oxygens (including phenoxy) is 1. The van der Waals surface area contributed by atoms with Gasteiger partial charge in [0.15, 0.2) is 0 Å². The first-order valence-corrected chi connectivity index (χ1v) is 6.83. The molecule has 1 N–H and O–H groups in total. The average molecular weight is 280 g/mol. The molecule has 0 aromatic carbocycles. The first-order valence-electron chi connectivity index (χ1n) is 6.83. The fourth-order valence-electron chi connectivity index (χ4n) is 2.21. The Kier molecular flexibility index (Phi) is 4.79. The van der Waals surface area contributed by atoms with Crippen LogP contribution in [0.25, 0.3) is 0 Å². The van der Waals surface area contributed by atoms with Gasteiger partial charge in [0, 0.05) is 26.1 Å². The summed E-state index contributed by atoms with van der Waals surface area (Å²) in [6.45, 7) is 3.32. The second-order valence-corrected chi connectivity index (χ2v) is 4.88. The summed E-state index contributed by atoms with van der Waals surface area (Å²) in [4.78, 5) is 24.6. The molecule has 1 amide bonds. The van der Waals surface area contributed by atoms with Crippen LogP contribution in [0.3, 0.4) is 0 Å². The smallest absolute Gasteiger partial charge is 0.374 e. The summed E-state index contributed by atoms with van der Waals surface area (Å²) < 4.78 is 10.3. The zero-order chi connectivity index (χ0) is 14.5. The first-order chi connectivity index (χ1) is 9.60. The number of hydrogen-bond donors (Lipinski definition) is 1. The molecule has 1 atom stereocenters. The number of esters is 1. The van der Waals surface area contributed by atoms with E-state index in [4.69, 9.17) is 9.15 Å². The molecule has 1 aromatic heterocycles. The number of rotatable bonds is 5. The van der Waals surface area contributed by atoms with Gasteiger partial charge in [0.2, 0.25) is 11.7 Å². The molecule has 6 heteroatoms. The van der Waals surface area contributed by atoms with Crippen molar-refractivity contribution in [1.82, 2.24) is 10.2 Å². The third kappa shape index (κ3) is 3.60. The SMILES string of the molecule is CCOC(=O)c1ccc(CNC2CCC(=O)N(C)C2)o1. The van der Waals surface area contributed by atoms with Crippen LogP contribution in [0.4, 0.5) is 0 Å². The van der Waals surface area contributed by atoms with Gasteiger partial charge < -0.3 is 19.4 Å². The Morgan fingerprint density at radius 3 is 3.05 bits per heavy atom. The Balaban J connectivity index is 1.82. The summed E-state index contributed by atoms with van der Waals surface area (Å²) >= 11 is 0. The quantitative estimate of drug-likeness (QED) is 0.820. The Morgan fingerprint density at radius 1 is 1.55 bits per heavy atom. The van der Waals surface area contributed by atoms with Crippen LogP contribution in [0.5, 0.6) is 0 Å². The molecule has 6 nitrogen and oxygen atoms in total. The minimum atomic E-state index is -0.443. The van der Waals surface area contributed by atoms with Crippen LogP contribution in [-0.4, -0.2) is 43.0 Å². The van der Waals surface area contributed by atoms with Crippen molar-refractivity contribution >= 4 is 11.9 Å². The Morgan fingerprint density at radius 2 is 2.35 bits per heavy atom. The predicted molar refractivity (Wildman–Crippen MR) is 72.2 cm³/mol. The number of piperidine rings is 1.